The summed E-state index contributed by atoms with van der Waals surface area (Å²) in [5.41, 5.74) is 9.02. The Morgan fingerprint density at radius 3 is 3.00 bits per heavy atom. The van der Waals surface area contributed by atoms with E-state index in [1.807, 2.05) is 0 Å². The summed E-state index contributed by atoms with van der Waals surface area (Å²) in [4.78, 5) is 2.67. The SMILES string of the molecule is [N-]=[N+]=NC(CO)c1ccc2c(c1)OCO2. The molecule has 0 radical (unpaired) electrons. The minimum Gasteiger partial charge on any atom is -0.454 e. The third-order valence-corrected chi connectivity index (χ3v) is 2.15. The molecule has 0 aromatic heterocycles. The van der Waals surface area contributed by atoms with Crippen LogP contribution in [0.5, 0.6) is 11.5 Å². The van der Waals surface area contributed by atoms with Crippen molar-refractivity contribution in [1.82, 2.24) is 0 Å². The standard InChI is InChI=1S/C9H9N3O3/c10-12-11-7(4-13)6-1-2-8-9(3-6)15-5-14-8/h1-3,7,13H,4-5H2. The molecule has 1 heterocycles. The smallest absolute Gasteiger partial charge is 0.231 e. The highest BCUT2D eigenvalue weighted by atomic mass is 16.7. The van der Waals surface area contributed by atoms with Gasteiger partial charge in [-0.3, -0.25) is 0 Å². The fraction of sp³-hybridized carbons (Fsp3) is 0.333. The van der Waals surface area contributed by atoms with Crippen LogP contribution in [0.3, 0.4) is 0 Å². The molecule has 0 bridgehead atoms. The van der Waals surface area contributed by atoms with Gasteiger partial charge < -0.3 is 14.6 Å². The third kappa shape index (κ3) is 1.81. The number of benzene rings is 1. The fourth-order valence-electron chi connectivity index (χ4n) is 1.39. The first-order chi connectivity index (χ1) is 7.35. The molecule has 15 heavy (non-hydrogen) atoms. The van der Waals surface area contributed by atoms with Crippen molar-refractivity contribution >= 4 is 0 Å². The van der Waals surface area contributed by atoms with Gasteiger partial charge in [-0.05, 0) is 23.2 Å². The summed E-state index contributed by atoms with van der Waals surface area (Å²) in [6.07, 6.45) is 0. The van der Waals surface area contributed by atoms with Crippen LogP contribution in [0.25, 0.3) is 10.4 Å². The second-order valence-electron chi connectivity index (χ2n) is 3.02. The van der Waals surface area contributed by atoms with E-state index in [9.17, 15) is 0 Å². The first-order valence-corrected chi connectivity index (χ1v) is 4.39. The molecule has 1 aliphatic heterocycles. The van der Waals surface area contributed by atoms with Crippen LogP contribution in [0.1, 0.15) is 11.6 Å². The first kappa shape index (κ1) is 9.64. The molecule has 0 saturated carbocycles. The van der Waals surface area contributed by atoms with Gasteiger partial charge in [-0.25, -0.2) is 0 Å². The largest absolute Gasteiger partial charge is 0.454 e. The van der Waals surface area contributed by atoms with Gasteiger partial charge in [0.1, 0.15) is 0 Å². The quantitative estimate of drug-likeness (QED) is 0.465. The summed E-state index contributed by atoms with van der Waals surface area (Å²) in [6, 6.07) is 4.60. The Balaban J connectivity index is 2.32. The molecule has 2 rings (SSSR count). The summed E-state index contributed by atoms with van der Waals surface area (Å²) in [5, 5.41) is 12.5. The summed E-state index contributed by atoms with van der Waals surface area (Å²) in [7, 11) is 0. The lowest BCUT2D eigenvalue weighted by Crippen LogP contribution is -1.99. The summed E-state index contributed by atoms with van der Waals surface area (Å²) in [5.74, 6) is 1.27. The van der Waals surface area contributed by atoms with Crippen molar-refractivity contribution in [2.75, 3.05) is 13.4 Å². The zero-order valence-electron chi connectivity index (χ0n) is 7.83. The Bertz CT molecular complexity index is 415. The Morgan fingerprint density at radius 2 is 2.27 bits per heavy atom. The van der Waals surface area contributed by atoms with Crippen molar-refractivity contribution in [3.8, 4) is 11.5 Å². The number of nitrogens with zero attached hydrogens (tertiary/aromatic N) is 3. The molecule has 1 atom stereocenters. The van der Waals surface area contributed by atoms with Crippen LogP contribution >= 0.6 is 0 Å². The molecule has 6 nitrogen and oxygen atoms in total. The van der Waals surface area contributed by atoms with Crippen molar-refractivity contribution in [2.45, 2.75) is 6.04 Å². The zero-order valence-corrected chi connectivity index (χ0v) is 7.83. The lowest BCUT2D eigenvalue weighted by Gasteiger charge is -2.08. The Hall–Kier alpha value is -1.91. The van der Waals surface area contributed by atoms with Crippen molar-refractivity contribution in [1.29, 1.82) is 0 Å². The van der Waals surface area contributed by atoms with Crippen LogP contribution in [0.15, 0.2) is 23.3 Å². The highest BCUT2D eigenvalue weighted by Crippen LogP contribution is 2.34. The molecule has 1 aromatic carbocycles. The second-order valence-corrected chi connectivity index (χ2v) is 3.02. The van der Waals surface area contributed by atoms with Crippen LogP contribution in [0.4, 0.5) is 0 Å². The lowest BCUT2D eigenvalue weighted by molar-refractivity contribution is 0.174. The normalized spacial score (nSPS) is 14.5. The molecule has 78 valence electrons. The van der Waals surface area contributed by atoms with Gasteiger partial charge in [0.15, 0.2) is 11.5 Å². The second kappa shape index (κ2) is 4.08. The van der Waals surface area contributed by atoms with Crippen LogP contribution < -0.4 is 9.47 Å². The molecule has 1 aliphatic rings. The number of rotatable bonds is 3. The Labute approximate surface area is 85.7 Å². The molecular formula is C9H9N3O3. The first-order valence-electron chi connectivity index (χ1n) is 4.39. The predicted molar refractivity (Wildman–Crippen MR) is 51.5 cm³/mol. The highest BCUT2D eigenvalue weighted by molar-refractivity contribution is 5.45. The average Bonchev–Trinajstić information content (AvgIpc) is 2.72. The molecule has 0 amide bonds. The van der Waals surface area contributed by atoms with Gasteiger partial charge in [-0.2, -0.15) is 0 Å². The van der Waals surface area contributed by atoms with Crippen molar-refractivity contribution in [3.63, 3.8) is 0 Å². The molecular weight excluding hydrogens is 198 g/mol. The Kier molecular flexibility index (Phi) is 2.62. The minimum absolute atomic E-state index is 0.199. The molecule has 1 unspecified atom stereocenters. The van der Waals surface area contributed by atoms with Crippen molar-refractivity contribution in [2.24, 2.45) is 5.11 Å². The van der Waals surface area contributed by atoms with E-state index >= 15 is 0 Å². The summed E-state index contributed by atoms with van der Waals surface area (Å²) >= 11 is 0. The molecule has 0 spiro atoms. The van der Waals surface area contributed by atoms with Gasteiger partial charge in [-0.1, -0.05) is 11.2 Å². The van der Waals surface area contributed by atoms with Gasteiger partial charge in [0.25, 0.3) is 0 Å². The van der Waals surface area contributed by atoms with Gasteiger partial charge in [0.2, 0.25) is 6.79 Å². The number of azide groups is 1. The van der Waals surface area contributed by atoms with Crippen molar-refractivity contribution < 1.29 is 14.6 Å². The van der Waals surface area contributed by atoms with E-state index in [2.05, 4.69) is 10.0 Å². The number of ether oxygens (including phenoxy) is 2. The number of fused-ring (bicyclic) bond motifs is 1. The lowest BCUT2D eigenvalue weighted by atomic mass is 10.1. The minimum atomic E-state index is -0.579. The van der Waals surface area contributed by atoms with Gasteiger partial charge in [0, 0.05) is 4.91 Å². The summed E-state index contributed by atoms with van der Waals surface area (Å²) in [6.45, 7) is -0.0339. The van der Waals surface area contributed by atoms with E-state index < -0.39 is 6.04 Å². The number of hydrogen-bond donors (Lipinski definition) is 1. The van der Waals surface area contributed by atoms with E-state index in [1.165, 1.54) is 0 Å². The van der Waals surface area contributed by atoms with Gasteiger partial charge in [0.05, 0.1) is 12.6 Å². The van der Waals surface area contributed by atoms with Gasteiger partial charge >= 0.3 is 0 Å². The zero-order chi connectivity index (χ0) is 10.7. The summed E-state index contributed by atoms with van der Waals surface area (Å²) < 4.78 is 10.3. The molecule has 0 aliphatic carbocycles. The molecule has 1 aromatic rings. The van der Waals surface area contributed by atoms with Crippen LogP contribution in [-0.4, -0.2) is 18.5 Å². The topological polar surface area (TPSA) is 87.5 Å². The maximum atomic E-state index is 9.02. The van der Waals surface area contributed by atoms with Crippen LogP contribution in [-0.2, 0) is 0 Å². The van der Waals surface area contributed by atoms with E-state index in [-0.39, 0.29) is 13.4 Å². The van der Waals surface area contributed by atoms with E-state index in [0.29, 0.717) is 17.1 Å². The van der Waals surface area contributed by atoms with Crippen molar-refractivity contribution in [3.05, 3.63) is 34.2 Å². The van der Waals surface area contributed by atoms with E-state index in [4.69, 9.17) is 20.1 Å². The molecule has 0 fully saturated rings. The number of aliphatic hydroxyl groups is 1. The molecule has 6 heteroatoms. The maximum Gasteiger partial charge on any atom is 0.231 e. The molecule has 0 saturated heterocycles. The van der Waals surface area contributed by atoms with Gasteiger partial charge in [-0.15, -0.1) is 0 Å². The highest BCUT2D eigenvalue weighted by Gasteiger charge is 2.16. The van der Waals surface area contributed by atoms with Crippen LogP contribution in [0, 0.1) is 0 Å². The Morgan fingerprint density at radius 1 is 1.47 bits per heavy atom. The monoisotopic (exact) mass is 207 g/mol. The van der Waals surface area contributed by atoms with E-state index in [0.717, 1.165) is 0 Å². The number of aliphatic hydroxyl groups excluding tert-OH is 1. The molecule has 1 N–H and O–H groups in total. The average molecular weight is 207 g/mol. The maximum absolute atomic E-state index is 9.02. The fourth-order valence-corrected chi connectivity index (χ4v) is 1.39. The van der Waals surface area contributed by atoms with Crippen LogP contribution in [0.2, 0.25) is 0 Å². The third-order valence-electron chi connectivity index (χ3n) is 2.15. The van der Waals surface area contributed by atoms with E-state index in [1.54, 1.807) is 18.2 Å². The predicted octanol–water partition coefficient (Wildman–Crippen LogP) is 1.76. The number of hydrogen-bond acceptors (Lipinski definition) is 4.